The van der Waals surface area contributed by atoms with Crippen molar-refractivity contribution in [2.24, 2.45) is 0 Å². The Labute approximate surface area is 177 Å². The molecule has 0 fully saturated rings. The quantitative estimate of drug-likeness (QED) is 0.182. The molecule has 0 heterocycles. The Bertz CT molecular complexity index is 745. The minimum Gasteiger partial charge on any atom is -0.462 e. The van der Waals surface area contributed by atoms with Gasteiger partial charge in [-0.05, 0) is 31.9 Å². The number of hydrogen-bond donors (Lipinski definition) is 0. The summed E-state index contributed by atoms with van der Waals surface area (Å²) in [7, 11) is -3.97. The number of phosphoric ester groups is 1. The number of rotatable bonds is 14. The van der Waals surface area contributed by atoms with Crippen LogP contribution in [0.15, 0.2) is 37.4 Å². The summed E-state index contributed by atoms with van der Waals surface area (Å²) >= 11 is 0. The number of phosphoric acid groups is 1. The summed E-state index contributed by atoms with van der Waals surface area (Å²) in [5.74, 6) is -0.684. The molecule has 0 radical (unpaired) electrons. The lowest BCUT2D eigenvalue weighted by Crippen LogP contribution is -2.10. The zero-order chi connectivity index (χ0) is 22.6. The van der Waals surface area contributed by atoms with Crippen LogP contribution in [-0.4, -0.2) is 38.4 Å². The molecule has 166 valence electrons. The molecule has 0 atom stereocenters. The monoisotopic (exact) mass is 440 g/mol. The average molecular weight is 440 g/mol. The third-order valence-corrected chi connectivity index (χ3v) is 5.11. The summed E-state index contributed by atoms with van der Waals surface area (Å²) in [6.45, 7) is 12.4. The number of aryl methyl sites for hydroxylation is 3. The highest BCUT2D eigenvalue weighted by atomic mass is 31.2. The number of ether oxygens (including phenoxy) is 2. The molecule has 0 aromatic heterocycles. The standard InChI is InChI=1S/C21H29O8P/c1-6-19(22)25-10-8-12-27-30(24,28-13-9-11-26-20(23)7-2)29-21-17(4)14-16(3)15-18(21)5/h6-7,14-15H,1-2,8-13H2,3-5H3. The summed E-state index contributed by atoms with van der Waals surface area (Å²) in [6.07, 6.45) is 2.69. The number of benzene rings is 1. The first kappa shape index (κ1) is 25.6. The van der Waals surface area contributed by atoms with Crippen LogP contribution in [0.5, 0.6) is 5.75 Å². The van der Waals surface area contributed by atoms with Crippen LogP contribution < -0.4 is 4.52 Å². The predicted octanol–water partition coefficient (Wildman–Crippen LogP) is 4.37. The van der Waals surface area contributed by atoms with Gasteiger partial charge in [0.25, 0.3) is 0 Å². The van der Waals surface area contributed by atoms with E-state index in [1.54, 1.807) is 0 Å². The van der Waals surface area contributed by atoms with Crippen LogP contribution in [0.2, 0.25) is 0 Å². The Morgan fingerprint density at radius 3 is 1.70 bits per heavy atom. The molecule has 0 saturated carbocycles. The first-order chi connectivity index (χ1) is 14.2. The van der Waals surface area contributed by atoms with Crippen LogP contribution in [0.1, 0.15) is 29.5 Å². The van der Waals surface area contributed by atoms with E-state index >= 15 is 0 Å². The van der Waals surface area contributed by atoms with Crippen molar-refractivity contribution in [3.8, 4) is 5.75 Å². The Morgan fingerprint density at radius 2 is 1.30 bits per heavy atom. The fourth-order valence-corrected chi connectivity index (χ4v) is 3.84. The fourth-order valence-electron chi connectivity index (χ4n) is 2.45. The van der Waals surface area contributed by atoms with Crippen LogP contribution in [0.25, 0.3) is 0 Å². The van der Waals surface area contributed by atoms with E-state index in [2.05, 4.69) is 13.2 Å². The van der Waals surface area contributed by atoms with Gasteiger partial charge >= 0.3 is 19.8 Å². The fraction of sp³-hybridized carbons (Fsp3) is 0.429. The van der Waals surface area contributed by atoms with Gasteiger partial charge in [-0.25, -0.2) is 14.2 Å². The van der Waals surface area contributed by atoms with Gasteiger partial charge in [0.15, 0.2) is 0 Å². The van der Waals surface area contributed by atoms with Crippen molar-refractivity contribution in [1.82, 2.24) is 0 Å². The lowest BCUT2D eigenvalue weighted by molar-refractivity contribution is -0.138. The second kappa shape index (κ2) is 13.0. The first-order valence-electron chi connectivity index (χ1n) is 9.45. The van der Waals surface area contributed by atoms with Crippen molar-refractivity contribution in [1.29, 1.82) is 0 Å². The molecule has 0 N–H and O–H groups in total. The van der Waals surface area contributed by atoms with Crippen molar-refractivity contribution in [2.45, 2.75) is 33.6 Å². The molecule has 8 nitrogen and oxygen atoms in total. The summed E-state index contributed by atoms with van der Waals surface area (Å²) < 4.78 is 39.4. The highest BCUT2D eigenvalue weighted by Crippen LogP contribution is 2.51. The molecule has 0 bridgehead atoms. The van der Waals surface area contributed by atoms with Gasteiger partial charge in [0.2, 0.25) is 0 Å². The molecular formula is C21H29O8P. The Kier molecular flexibility index (Phi) is 11.1. The molecule has 1 rings (SSSR count). The van der Waals surface area contributed by atoms with Crippen LogP contribution >= 0.6 is 7.82 Å². The highest BCUT2D eigenvalue weighted by molar-refractivity contribution is 7.48. The minimum absolute atomic E-state index is 0.0168. The minimum atomic E-state index is -3.97. The maximum atomic E-state index is 13.2. The van der Waals surface area contributed by atoms with Gasteiger partial charge in [0.1, 0.15) is 5.75 Å². The zero-order valence-corrected chi connectivity index (χ0v) is 18.6. The first-order valence-corrected chi connectivity index (χ1v) is 10.9. The predicted molar refractivity (Wildman–Crippen MR) is 112 cm³/mol. The van der Waals surface area contributed by atoms with Gasteiger partial charge in [-0.15, -0.1) is 0 Å². The van der Waals surface area contributed by atoms with Crippen molar-refractivity contribution < 1.29 is 37.2 Å². The topological polar surface area (TPSA) is 97.4 Å². The number of carbonyl (C=O) groups is 2. The maximum Gasteiger partial charge on any atom is 0.530 e. The van der Waals surface area contributed by atoms with Crippen LogP contribution in [0.4, 0.5) is 0 Å². The molecule has 30 heavy (non-hydrogen) atoms. The molecule has 0 amide bonds. The summed E-state index contributed by atoms with van der Waals surface area (Å²) in [4.78, 5) is 22.1. The third kappa shape index (κ3) is 9.39. The van der Waals surface area contributed by atoms with Crippen LogP contribution in [0.3, 0.4) is 0 Å². The Morgan fingerprint density at radius 1 is 0.867 bits per heavy atom. The molecule has 0 aliphatic rings. The molecule has 1 aromatic carbocycles. The van der Waals surface area contributed by atoms with Gasteiger partial charge < -0.3 is 14.0 Å². The van der Waals surface area contributed by atoms with E-state index in [0.717, 1.165) is 28.8 Å². The van der Waals surface area contributed by atoms with E-state index in [9.17, 15) is 14.2 Å². The summed E-state index contributed by atoms with van der Waals surface area (Å²) in [5.41, 5.74) is 2.63. The third-order valence-electron chi connectivity index (χ3n) is 3.71. The molecule has 9 heteroatoms. The lowest BCUT2D eigenvalue weighted by atomic mass is 10.1. The number of hydrogen-bond acceptors (Lipinski definition) is 8. The molecule has 0 saturated heterocycles. The molecular weight excluding hydrogens is 411 g/mol. The van der Waals surface area contributed by atoms with E-state index in [1.807, 2.05) is 32.9 Å². The second-order valence-corrected chi connectivity index (χ2v) is 7.98. The van der Waals surface area contributed by atoms with E-state index in [4.69, 9.17) is 23.0 Å². The summed E-state index contributed by atoms with van der Waals surface area (Å²) in [6, 6.07) is 3.80. The SMILES string of the molecule is C=CC(=O)OCCCOP(=O)(OCCCOC(=O)C=C)Oc1c(C)cc(C)cc1C. The van der Waals surface area contributed by atoms with Gasteiger partial charge in [-0.3, -0.25) is 9.05 Å². The van der Waals surface area contributed by atoms with Gasteiger partial charge in [-0.2, -0.15) is 0 Å². The summed E-state index contributed by atoms with van der Waals surface area (Å²) in [5, 5.41) is 0. The molecule has 0 spiro atoms. The normalized spacial score (nSPS) is 10.9. The molecule has 0 aliphatic heterocycles. The smallest absolute Gasteiger partial charge is 0.462 e. The number of carbonyl (C=O) groups excluding carboxylic acids is 2. The van der Waals surface area contributed by atoms with E-state index in [-0.39, 0.29) is 26.4 Å². The molecule has 0 aliphatic carbocycles. The van der Waals surface area contributed by atoms with E-state index in [1.165, 1.54) is 0 Å². The zero-order valence-electron chi connectivity index (χ0n) is 17.7. The molecule has 1 aromatic rings. The van der Waals surface area contributed by atoms with E-state index < -0.39 is 19.8 Å². The van der Waals surface area contributed by atoms with Gasteiger partial charge in [0.05, 0.1) is 26.4 Å². The van der Waals surface area contributed by atoms with Crippen molar-refractivity contribution in [3.63, 3.8) is 0 Å². The maximum absolute atomic E-state index is 13.2. The van der Waals surface area contributed by atoms with Crippen molar-refractivity contribution >= 4 is 19.8 Å². The lowest BCUT2D eigenvalue weighted by Gasteiger charge is -2.21. The Balaban J connectivity index is 2.73. The van der Waals surface area contributed by atoms with Crippen LogP contribution in [-0.2, 0) is 32.7 Å². The Hall–Kier alpha value is -2.41. The second-order valence-electron chi connectivity index (χ2n) is 6.38. The highest BCUT2D eigenvalue weighted by Gasteiger charge is 2.30. The van der Waals surface area contributed by atoms with E-state index in [0.29, 0.717) is 18.6 Å². The van der Waals surface area contributed by atoms with Crippen molar-refractivity contribution in [3.05, 3.63) is 54.1 Å². The number of esters is 2. The van der Waals surface area contributed by atoms with Gasteiger partial charge in [0, 0.05) is 25.0 Å². The van der Waals surface area contributed by atoms with Crippen LogP contribution in [0, 0.1) is 20.8 Å². The van der Waals surface area contributed by atoms with Gasteiger partial charge in [-0.1, -0.05) is 30.9 Å². The molecule has 0 unspecified atom stereocenters. The average Bonchev–Trinajstić information content (AvgIpc) is 2.69. The van der Waals surface area contributed by atoms with Crippen molar-refractivity contribution in [2.75, 3.05) is 26.4 Å². The largest absolute Gasteiger partial charge is 0.530 e.